The summed E-state index contributed by atoms with van der Waals surface area (Å²) >= 11 is 0. The van der Waals surface area contributed by atoms with Crippen molar-refractivity contribution in [3.05, 3.63) is 35.4 Å². The zero-order valence-corrected chi connectivity index (χ0v) is 12.8. The summed E-state index contributed by atoms with van der Waals surface area (Å²) in [6, 6.07) is 8.74. The van der Waals surface area contributed by atoms with Crippen LogP contribution in [0.5, 0.6) is 0 Å². The number of hydrogen-bond donors (Lipinski definition) is 1. The molecule has 1 aliphatic rings. The number of hydrogen-bond acceptors (Lipinski definition) is 2. The van der Waals surface area contributed by atoms with Crippen LogP contribution >= 0.6 is 0 Å². The van der Waals surface area contributed by atoms with Gasteiger partial charge in [-0.15, -0.1) is 0 Å². The van der Waals surface area contributed by atoms with E-state index in [1.54, 1.807) is 0 Å². The summed E-state index contributed by atoms with van der Waals surface area (Å²) in [7, 11) is 1.25. The lowest BCUT2D eigenvalue weighted by Gasteiger charge is -2.18. The highest BCUT2D eigenvalue weighted by Gasteiger charge is 2.20. The van der Waals surface area contributed by atoms with Crippen LogP contribution in [0.4, 0.5) is 0 Å². The Labute approximate surface area is 119 Å². The van der Waals surface area contributed by atoms with Gasteiger partial charge < -0.3 is 5.32 Å². The second-order valence-electron chi connectivity index (χ2n) is 5.68. The standard InChI is InChI=1S/C16H25NOS/c1-13-7-9-15(10-8-13)16(17-2)12-19(18)11-14-5-3-4-6-14/h7-10,14,16-17H,3-6,11-12H2,1-2H3. The fraction of sp³-hybridized carbons (Fsp3) is 0.625. The van der Waals surface area contributed by atoms with Crippen molar-refractivity contribution in [2.24, 2.45) is 5.92 Å². The lowest BCUT2D eigenvalue weighted by atomic mass is 10.1. The molecule has 19 heavy (non-hydrogen) atoms. The minimum atomic E-state index is -0.708. The Morgan fingerprint density at radius 1 is 1.26 bits per heavy atom. The van der Waals surface area contributed by atoms with Gasteiger partial charge in [0.1, 0.15) is 0 Å². The maximum Gasteiger partial charge on any atom is 0.0434 e. The number of aryl methyl sites for hydroxylation is 1. The molecule has 2 unspecified atom stereocenters. The molecule has 0 heterocycles. The molecule has 0 amide bonds. The molecule has 0 aromatic heterocycles. The van der Waals surface area contributed by atoms with E-state index in [9.17, 15) is 4.21 Å². The van der Waals surface area contributed by atoms with E-state index in [1.165, 1.54) is 36.8 Å². The van der Waals surface area contributed by atoms with Crippen molar-refractivity contribution in [2.45, 2.75) is 38.6 Å². The van der Waals surface area contributed by atoms with Crippen LogP contribution in [0.25, 0.3) is 0 Å². The van der Waals surface area contributed by atoms with E-state index in [0.29, 0.717) is 5.92 Å². The van der Waals surface area contributed by atoms with E-state index >= 15 is 0 Å². The molecule has 2 nitrogen and oxygen atoms in total. The average molecular weight is 279 g/mol. The van der Waals surface area contributed by atoms with Gasteiger partial charge in [-0.2, -0.15) is 0 Å². The molecule has 2 atom stereocenters. The lowest BCUT2D eigenvalue weighted by Crippen LogP contribution is -2.25. The Morgan fingerprint density at radius 2 is 1.89 bits per heavy atom. The first-order chi connectivity index (χ1) is 9.19. The van der Waals surface area contributed by atoms with E-state index in [1.807, 2.05) is 7.05 Å². The minimum absolute atomic E-state index is 0.211. The van der Waals surface area contributed by atoms with Crippen molar-refractivity contribution in [1.29, 1.82) is 0 Å². The highest BCUT2D eigenvalue weighted by molar-refractivity contribution is 7.85. The largest absolute Gasteiger partial charge is 0.312 e. The van der Waals surface area contributed by atoms with Crippen LogP contribution < -0.4 is 5.32 Å². The summed E-state index contributed by atoms with van der Waals surface area (Å²) in [5, 5.41) is 3.30. The van der Waals surface area contributed by atoms with Gasteiger partial charge in [0.25, 0.3) is 0 Å². The van der Waals surface area contributed by atoms with Gasteiger partial charge in [0.05, 0.1) is 0 Å². The molecule has 2 rings (SSSR count). The topological polar surface area (TPSA) is 29.1 Å². The average Bonchev–Trinajstić information content (AvgIpc) is 2.90. The second-order valence-corrected chi connectivity index (χ2v) is 7.22. The predicted octanol–water partition coefficient (Wildman–Crippen LogP) is 3.19. The van der Waals surface area contributed by atoms with E-state index in [-0.39, 0.29) is 6.04 Å². The maximum absolute atomic E-state index is 12.3. The van der Waals surface area contributed by atoms with E-state index in [0.717, 1.165) is 11.5 Å². The third-order valence-electron chi connectivity index (χ3n) is 4.08. The summed E-state index contributed by atoms with van der Waals surface area (Å²) in [4.78, 5) is 0. The van der Waals surface area contributed by atoms with Gasteiger partial charge in [0, 0.05) is 28.3 Å². The zero-order chi connectivity index (χ0) is 13.7. The molecule has 1 aromatic rings. The van der Waals surface area contributed by atoms with Crippen LogP contribution in [-0.2, 0) is 10.8 Å². The molecule has 3 heteroatoms. The Kier molecular flexibility index (Phi) is 5.59. The smallest absolute Gasteiger partial charge is 0.0434 e. The van der Waals surface area contributed by atoms with Crippen LogP contribution in [0.2, 0.25) is 0 Å². The fourth-order valence-electron chi connectivity index (χ4n) is 2.84. The molecular formula is C16H25NOS. The maximum atomic E-state index is 12.3. The molecular weight excluding hydrogens is 254 g/mol. The van der Waals surface area contributed by atoms with Gasteiger partial charge in [-0.1, -0.05) is 42.7 Å². The van der Waals surface area contributed by atoms with E-state index < -0.39 is 10.8 Å². The summed E-state index contributed by atoms with van der Waals surface area (Å²) in [5.74, 6) is 2.33. The second kappa shape index (κ2) is 7.20. The summed E-state index contributed by atoms with van der Waals surface area (Å²) in [5.41, 5.74) is 2.51. The molecule has 0 spiro atoms. The summed E-state index contributed by atoms with van der Waals surface area (Å²) < 4.78 is 12.3. The third-order valence-corrected chi connectivity index (χ3v) is 5.63. The van der Waals surface area contributed by atoms with Crippen molar-refractivity contribution in [3.63, 3.8) is 0 Å². The lowest BCUT2D eigenvalue weighted by molar-refractivity contribution is 0.594. The molecule has 1 N–H and O–H groups in total. The van der Waals surface area contributed by atoms with Crippen molar-refractivity contribution < 1.29 is 4.21 Å². The quantitative estimate of drug-likeness (QED) is 0.866. The molecule has 0 radical (unpaired) electrons. The summed E-state index contributed by atoms with van der Waals surface area (Å²) in [6.07, 6.45) is 5.21. The van der Waals surface area contributed by atoms with Crippen LogP contribution in [0.15, 0.2) is 24.3 Å². The normalized spacial score (nSPS) is 19.5. The molecule has 0 saturated heterocycles. The van der Waals surface area contributed by atoms with Gasteiger partial charge in [-0.25, -0.2) is 0 Å². The molecule has 1 saturated carbocycles. The van der Waals surface area contributed by atoms with Gasteiger partial charge in [-0.3, -0.25) is 4.21 Å². The number of benzene rings is 1. The first-order valence-electron chi connectivity index (χ1n) is 7.28. The Balaban J connectivity index is 1.90. The molecule has 1 fully saturated rings. The number of rotatable bonds is 6. The highest BCUT2D eigenvalue weighted by Crippen LogP contribution is 2.26. The highest BCUT2D eigenvalue weighted by atomic mass is 32.2. The third kappa shape index (κ3) is 4.43. The number of nitrogens with one attached hydrogen (secondary N) is 1. The van der Waals surface area contributed by atoms with Gasteiger partial charge in [0.2, 0.25) is 0 Å². The molecule has 1 aromatic carbocycles. The SMILES string of the molecule is CNC(CS(=O)CC1CCCC1)c1ccc(C)cc1. The van der Waals surface area contributed by atoms with Crippen molar-refractivity contribution >= 4 is 10.8 Å². The molecule has 0 aliphatic heterocycles. The van der Waals surface area contributed by atoms with Crippen molar-refractivity contribution in [3.8, 4) is 0 Å². The van der Waals surface area contributed by atoms with Crippen LogP contribution in [0.1, 0.15) is 42.9 Å². The molecule has 0 bridgehead atoms. The van der Waals surface area contributed by atoms with Crippen molar-refractivity contribution in [1.82, 2.24) is 5.32 Å². The van der Waals surface area contributed by atoms with Gasteiger partial charge >= 0.3 is 0 Å². The van der Waals surface area contributed by atoms with Gasteiger partial charge in [-0.05, 0) is 38.3 Å². The van der Waals surface area contributed by atoms with E-state index in [4.69, 9.17) is 0 Å². The Hall–Kier alpha value is -0.670. The minimum Gasteiger partial charge on any atom is -0.312 e. The molecule has 106 valence electrons. The van der Waals surface area contributed by atoms with E-state index in [2.05, 4.69) is 36.5 Å². The Morgan fingerprint density at radius 3 is 2.47 bits per heavy atom. The van der Waals surface area contributed by atoms with Crippen LogP contribution in [0, 0.1) is 12.8 Å². The monoisotopic (exact) mass is 279 g/mol. The fourth-order valence-corrected chi connectivity index (χ4v) is 4.56. The Bertz CT molecular complexity index is 409. The first-order valence-corrected chi connectivity index (χ1v) is 8.76. The molecule has 1 aliphatic carbocycles. The van der Waals surface area contributed by atoms with Crippen LogP contribution in [-0.4, -0.2) is 22.8 Å². The summed E-state index contributed by atoms with van der Waals surface area (Å²) in [6.45, 7) is 2.09. The van der Waals surface area contributed by atoms with Gasteiger partial charge in [0.15, 0.2) is 0 Å². The van der Waals surface area contributed by atoms with Crippen LogP contribution in [0.3, 0.4) is 0 Å². The van der Waals surface area contributed by atoms with Crippen molar-refractivity contribution in [2.75, 3.05) is 18.6 Å². The zero-order valence-electron chi connectivity index (χ0n) is 12.0. The first kappa shape index (κ1) is 14.7. The predicted molar refractivity (Wildman–Crippen MR) is 82.8 cm³/mol.